The Bertz CT molecular complexity index is 890. The van der Waals surface area contributed by atoms with Gasteiger partial charge in [-0.3, -0.25) is 14.2 Å². The van der Waals surface area contributed by atoms with Gasteiger partial charge in [-0.05, 0) is 29.8 Å². The third-order valence-electron chi connectivity index (χ3n) is 3.61. The number of rotatable bonds is 5. The van der Waals surface area contributed by atoms with Crippen LogP contribution < -0.4 is 10.6 Å². The minimum Gasteiger partial charge on any atom is -0.355 e. The van der Waals surface area contributed by atoms with Crippen LogP contribution in [0.2, 0.25) is 0 Å². The van der Waals surface area contributed by atoms with E-state index in [4.69, 9.17) is 0 Å². The zero-order valence-corrected chi connectivity index (χ0v) is 13.6. The Balaban J connectivity index is 1.69. The molecule has 0 aliphatic carbocycles. The van der Waals surface area contributed by atoms with E-state index in [2.05, 4.69) is 20.6 Å². The van der Waals surface area contributed by atoms with Gasteiger partial charge in [0.2, 0.25) is 0 Å². The van der Waals surface area contributed by atoms with E-state index in [1.807, 2.05) is 6.07 Å². The topological polar surface area (TPSA) is 88.9 Å². The monoisotopic (exact) mass is 335 g/mol. The second-order valence-corrected chi connectivity index (χ2v) is 5.31. The number of aromatic nitrogens is 3. The lowest BCUT2D eigenvalue weighted by Gasteiger charge is -2.08. The Morgan fingerprint density at radius 3 is 2.72 bits per heavy atom. The summed E-state index contributed by atoms with van der Waals surface area (Å²) in [5.41, 5.74) is 1.70. The van der Waals surface area contributed by atoms with Gasteiger partial charge in [-0.1, -0.05) is 18.2 Å². The maximum Gasteiger partial charge on any atom is 0.270 e. The molecule has 126 valence electrons. The van der Waals surface area contributed by atoms with Gasteiger partial charge in [0, 0.05) is 31.5 Å². The van der Waals surface area contributed by atoms with Gasteiger partial charge in [-0.15, -0.1) is 0 Å². The molecule has 7 nitrogen and oxygen atoms in total. The molecule has 2 aromatic heterocycles. The molecule has 7 heteroatoms. The van der Waals surface area contributed by atoms with Crippen LogP contribution in [0.4, 0.5) is 0 Å². The number of pyridine rings is 1. The van der Waals surface area contributed by atoms with Crippen LogP contribution in [0.1, 0.15) is 26.4 Å². The summed E-state index contributed by atoms with van der Waals surface area (Å²) in [6.45, 7) is 0.306. The highest BCUT2D eigenvalue weighted by Crippen LogP contribution is 2.07. The zero-order valence-electron chi connectivity index (χ0n) is 13.6. The van der Waals surface area contributed by atoms with Gasteiger partial charge in [0.1, 0.15) is 17.8 Å². The predicted octanol–water partition coefficient (Wildman–Crippen LogP) is 1.56. The first kappa shape index (κ1) is 16.4. The fourth-order valence-electron chi connectivity index (χ4n) is 2.33. The number of amides is 2. The largest absolute Gasteiger partial charge is 0.355 e. The molecule has 0 bridgehead atoms. The minimum absolute atomic E-state index is 0.164. The normalized spacial score (nSPS) is 10.3. The van der Waals surface area contributed by atoms with E-state index < -0.39 is 0 Å². The van der Waals surface area contributed by atoms with Crippen LogP contribution in [0.3, 0.4) is 0 Å². The average Bonchev–Trinajstić information content (AvgIpc) is 3.20. The van der Waals surface area contributed by atoms with Gasteiger partial charge >= 0.3 is 0 Å². The number of hydrogen-bond donors (Lipinski definition) is 2. The maximum absolute atomic E-state index is 12.3. The summed E-state index contributed by atoms with van der Waals surface area (Å²) in [6, 6.07) is 12.3. The molecule has 0 unspecified atom stereocenters. The summed E-state index contributed by atoms with van der Waals surface area (Å²) in [5, 5.41) is 5.39. The van der Waals surface area contributed by atoms with Crippen molar-refractivity contribution in [2.24, 2.45) is 0 Å². The van der Waals surface area contributed by atoms with Crippen LogP contribution in [0.25, 0.3) is 5.82 Å². The van der Waals surface area contributed by atoms with Crippen molar-refractivity contribution in [3.63, 3.8) is 0 Å². The highest BCUT2D eigenvalue weighted by Gasteiger charge is 2.09. The van der Waals surface area contributed by atoms with Crippen molar-refractivity contribution >= 4 is 11.8 Å². The lowest BCUT2D eigenvalue weighted by atomic mass is 10.1. The molecule has 1 aromatic carbocycles. The van der Waals surface area contributed by atoms with E-state index in [0.29, 0.717) is 23.6 Å². The van der Waals surface area contributed by atoms with Crippen LogP contribution in [0.5, 0.6) is 0 Å². The quantitative estimate of drug-likeness (QED) is 0.740. The first-order chi connectivity index (χ1) is 12.2. The standard InChI is InChI=1S/C18H17N5O2/c1-19-17(24)14-5-2-4-13(10-14)11-21-18(25)15-6-3-7-16(22-15)23-9-8-20-12-23/h2-10,12H,11H2,1H3,(H,19,24)(H,21,25). The average molecular weight is 335 g/mol. The summed E-state index contributed by atoms with van der Waals surface area (Å²) >= 11 is 0. The van der Waals surface area contributed by atoms with Crippen molar-refractivity contribution in [2.45, 2.75) is 6.54 Å². The van der Waals surface area contributed by atoms with Crippen LogP contribution in [0, 0.1) is 0 Å². The van der Waals surface area contributed by atoms with Crippen molar-refractivity contribution in [3.8, 4) is 5.82 Å². The number of carbonyl (C=O) groups is 2. The molecule has 0 spiro atoms. The molecule has 0 aliphatic heterocycles. The van der Waals surface area contributed by atoms with Crippen LogP contribution in [0.15, 0.2) is 61.2 Å². The van der Waals surface area contributed by atoms with Gasteiger partial charge < -0.3 is 10.6 Å². The zero-order chi connectivity index (χ0) is 17.6. The molecule has 0 atom stereocenters. The Labute approximate surface area is 144 Å². The lowest BCUT2D eigenvalue weighted by molar-refractivity contribution is 0.0944. The molecule has 0 aliphatic rings. The van der Waals surface area contributed by atoms with Gasteiger partial charge in [-0.2, -0.15) is 0 Å². The van der Waals surface area contributed by atoms with Crippen molar-refractivity contribution in [2.75, 3.05) is 7.05 Å². The Morgan fingerprint density at radius 1 is 1.12 bits per heavy atom. The first-order valence-corrected chi connectivity index (χ1v) is 7.72. The third kappa shape index (κ3) is 3.89. The second kappa shape index (κ2) is 7.39. The smallest absolute Gasteiger partial charge is 0.270 e. The van der Waals surface area contributed by atoms with Crippen molar-refractivity contribution in [1.82, 2.24) is 25.2 Å². The van der Waals surface area contributed by atoms with E-state index in [9.17, 15) is 9.59 Å². The molecule has 2 heterocycles. The Morgan fingerprint density at radius 2 is 1.96 bits per heavy atom. The fourth-order valence-corrected chi connectivity index (χ4v) is 2.33. The van der Waals surface area contributed by atoms with Gasteiger partial charge in [0.05, 0.1) is 0 Å². The Kier molecular flexibility index (Phi) is 4.84. The predicted molar refractivity (Wildman–Crippen MR) is 92.4 cm³/mol. The van der Waals surface area contributed by atoms with Crippen LogP contribution in [-0.2, 0) is 6.54 Å². The first-order valence-electron chi connectivity index (χ1n) is 7.72. The van der Waals surface area contributed by atoms with E-state index in [1.165, 1.54) is 0 Å². The van der Waals surface area contributed by atoms with Crippen LogP contribution in [-0.4, -0.2) is 33.4 Å². The highest BCUT2D eigenvalue weighted by atomic mass is 16.2. The highest BCUT2D eigenvalue weighted by molar-refractivity contribution is 5.94. The van der Waals surface area contributed by atoms with Gasteiger partial charge in [-0.25, -0.2) is 9.97 Å². The summed E-state index contributed by atoms with van der Waals surface area (Å²) in [7, 11) is 1.58. The molecular formula is C18H17N5O2. The minimum atomic E-state index is -0.285. The van der Waals surface area contributed by atoms with Crippen LogP contribution >= 0.6 is 0 Å². The van der Waals surface area contributed by atoms with Gasteiger partial charge in [0.15, 0.2) is 0 Å². The van der Waals surface area contributed by atoms with E-state index >= 15 is 0 Å². The Hall–Kier alpha value is -3.48. The maximum atomic E-state index is 12.3. The van der Waals surface area contributed by atoms with Crippen molar-refractivity contribution in [1.29, 1.82) is 0 Å². The third-order valence-corrected chi connectivity index (χ3v) is 3.61. The molecule has 2 amide bonds. The molecule has 0 radical (unpaired) electrons. The second-order valence-electron chi connectivity index (χ2n) is 5.31. The molecule has 0 fully saturated rings. The lowest BCUT2D eigenvalue weighted by Crippen LogP contribution is -2.24. The molecule has 25 heavy (non-hydrogen) atoms. The SMILES string of the molecule is CNC(=O)c1cccc(CNC(=O)c2cccc(-n3ccnc3)n2)c1. The summed E-state index contributed by atoms with van der Waals surface area (Å²) in [4.78, 5) is 32.3. The number of benzene rings is 1. The number of hydrogen-bond acceptors (Lipinski definition) is 4. The molecule has 0 saturated heterocycles. The fraction of sp³-hybridized carbons (Fsp3) is 0.111. The number of nitrogens with zero attached hydrogens (tertiary/aromatic N) is 3. The molecule has 2 N–H and O–H groups in total. The molecular weight excluding hydrogens is 318 g/mol. The van der Waals surface area contributed by atoms with Crippen molar-refractivity contribution in [3.05, 3.63) is 78.0 Å². The van der Waals surface area contributed by atoms with Crippen molar-refractivity contribution < 1.29 is 9.59 Å². The van der Waals surface area contributed by atoms with E-state index in [0.717, 1.165) is 5.56 Å². The molecule has 3 aromatic rings. The van der Waals surface area contributed by atoms with E-state index in [-0.39, 0.29) is 11.8 Å². The summed E-state index contributed by atoms with van der Waals surface area (Å²) in [5.74, 6) is 0.168. The van der Waals surface area contributed by atoms with Gasteiger partial charge in [0.25, 0.3) is 11.8 Å². The summed E-state index contributed by atoms with van der Waals surface area (Å²) in [6.07, 6.45) is 5.02. The number of nitrogens with one attached hydrogen (secondary N) is 2. The summed E-state index contributed by atoms with van der Waals surface area (Å²) < 4.78 is 1.73. The molecule has 0 saturated carbocycles. The number of carbonyl (C=O) groups excluding carboxylic acids is 2. The molecule has 3 rings (SSSR count). The van der Waals surface area contributed by atoms with E-state index in [1.54, 1.807) is 66.7 Å². The number of imidazole rings is 1.